The lowest BCUT2D eigenvalue weighted by molar-refractivity contribution is 0.0950. The second-order valence-electron chi connectivity index (χ2n) is 10.3. The topological polar surface area (TPSA) is 75.5 Å². The number of nitrogens with one attached hydrogen (secondary N) is 1. The number of hydrogen-bond acceptors (Lipinski definition) is 6. The molecule has 208 valence electrons. The fourth-order valence-electron chi connectivity index (χ4n) is 5.47. The molecule has 2 fully saturated rings. The summed E-state index contributed by atoms with van der Waals surface area (Å²) in [5.74, 6) is 0.462. The molecule has 0 radical (unpaired) electrons. The summed E-state index contributed by atoms with van der Waals surface area (Å²) in [5.41, 5.74) is 3.19. The number of amides is 1. The summed E-state index contributed by atoms with van der Waals surface area (Å²) in [7, 11) is 0. The van der Waals surface area contributed by atoms with Gasteiger partial charge in [0.15, 0.2) is 0 Å². The molecule has 0 atom stereocenters. The van der Waals surface area contributed by atoms with Crippen LogP contribution in [-0.2, 0) is 13.1 Å². The number of benzene rings is 2. The van der Waals surface area contributed by atoms with Crippen molar-refractivity contribution in [3.8, 4) is 6.07 Å². The van der Waals surface area contributed by atoms with Crippen molar-refractivity contribution in [3.63, 3.8) is 0 Å². The molecule has 1 N–H and O–H groups in total. The molecular formula is C30H31Cl3N6O. The standard InChI is InChI=1S/C30H31Cl3N6O/c31-25-13-23(14-26(32)16-25)18-36-30(40)24-15-28(33)29(35-19-24)39-11-9-38(10-12-39)27-5-7-37(8-6-27)20-22-3-1-21(17-34)2-4-22/h1-4,13-16,19,27H,5-12,18,20H2,(H,36,40). The van der Waals surface area contributed by atoms with E-state index in [-0.39, 0.29) is 5.91 Å². The summed E-state index contributed by atoms with van der Waals surface area (Å²) in [6.45, 7) is 7.00. The number of rotatable bonds is 7. The average Bonchev–Trinajstić information content (AvgIpc) is 2.96. The Bertz CT molecular complexity index is 1360. The van der Waals surface area contributed by atoms with E-state index in [4.69, 9.17) is 40.1 Å². The van der Waals surface area contributed by atoms with Gasteiger partial charge in [-0.3, -0.25) is 14.6 Å². The maximum absolute atomic E-state index is 12.7. The molecule has 2 aromatic carbocycles. The van der Waals surface area contributed by atoms with Crippen LogP contribution in [0.5, 0.6) is 0 Å². The second-order valence-corrected chi connectivity index (χ2v) is 11.6. The number of likely N-dealkylation sites (tertiary alicyclic amines) is 1. The fraction of sp³-hybridized carbons (Fsp3) is 0.367. The van der Waals surface area contributed by atoms with Gasteiger partial charge < -0.3 is 10.2 Å². The zero-order valence-corrected chi connectivity index (χ0v) is 24.4. The first-order valence-corrected chi connectivity index (χ1v) is 14.6. The van der Waals surface area contributed by atoms with Gasteiger partial charge in [-0.1, -0.05) is 46.9 Å². The molecular weight excluding hydrogens is 567 g/mol. The molecule has 10 heteroatoms. The minimum atomic E-state index is -0.257. The highest BCUT2D eigenvalue weighted by molar-refractivity contribution is 6.34. The van der Waals surface area contributed by atoms with Crippen molar-refractivity contribution in [1.29, 1.82) is 5.26 Å². The summed E-state index contributed by atoms with van der Waals surface area (Å²) in [6.07, 6.45) is 3.89. The van der Waals surface area contributed by atoms with Crippen molar-refractivity contribution in [2.24, 2.45) is 0 Å². The van der Waals surface area contributed by atoms with Crippen molar-refractivity contribution < 1.29 is 4.79 Å². The van der Waals surface area contributed by atoms with Gasteiger partial charge in [0, 0.05) is 61.6 Å². The molecule has 0 saturated carbocycles. The molecule has 5 rings (SSSR count). The largest absolute Gasteiger partial charge is 0.353 e. The first-order chi connectivity index (χ1) is 19.4. The first-order valence-electron chi connectivity index (χ1n) is 13.5. The van der Waals surface area contributed by atoms with Crippen LogP contribution in [0.15, 0.2) is 54.7 Å². The van der Waals surface area contributed by atoms with Crippen molar-refractivity contribution in [2.45, 2.75) is 32.0 Å². The Kier molecular flexibility index (Phi) is 9.46. The lowest BCUT2D eigenvalue weighted by atomic mass is 10.0. The highest BCUT2D eigenvalue weighted by atomic mass is 35.5. The number of piperazine rings is 1. The number of halogens is 3. The van der Waals surface area contributed by atoms with E-state index in [1.807, 2.05) is 12.1 Å². The van der Waals surface area contributed by atoms with Gasteiger partial charge in [0.1, 0.15) is 5.82 Å². The van der Waals surface area contributed by atoms with E-state index < -0.39 is 0 Å². The second kappa shape index (κ2) is 13.2. The van der Waals surface area contributed by atoms with Gasteiger partial charge in [-0.2, -0.15) is 5.26 Å². The fourth-order valence-corrected chi connectivity index (χ4v) is 6.33. The molecule has 2 saturated heterocycles. The van der Waals surface area contributed by atoms with Gasteiger partial charge in [0.05, 0.1) is 22.2 Å². The van der Waals surface area contributed by atoms with E-state index in [1.165, 1.54) is 5.56 Å². The molecule has 0 bridgehead atoms. The minimum Gasteiger partial charge on any atom is -0.353 e. The summed E-state index contributed by atoms with van der Waals surface area (Å²) >= 11 is 18.7. The smallest absolute Gasteiger partial charge is 0.253 e. The normalized spacial score (nSPS) is 17.0. The number of piperidine rings is 1. The van der Waals surface area contributed by atoms with Gasteiger partial charge in [0.2, 0.25) is 0 Å². The maximum Gasteiger partial charge on any atom is 0.253 e. The van der Waals surface area contributed by atoms with E-state index in [0.29, 0.717) is 38.8 Å². The van der Waals surface area contributed by atoms with Crippen LogP contribution in [-0.4, -0.2) is 66.0 Å². The van der Waals surface area contributed by atoms with Crippen LogP contribution in [0.4, 0.5) is 5.82 Å². The Balaban J connectivity index is 1.08. The molecule has 7 nitrogen and oxygen atoms in total. The molecule has 0 spiro atoms. The average molecular weight is 598 g/mol. The van der Waals surface area contributed by atoms with Crippen molar-refractivity contribution in [1.82, 2.24) is 20.1 Å². The Morgan fingerprint density at radius 3 is 2.23 bits per heavy atom. The first kappa shape index (κ1) is 28.7. The quantitative estimate of drug-likeness (QED) is 0.381. The Hall–Kier alpha value is -2.86. The van der Waals surface area contributed by atoms with Gasteiger partial charge in [0.25, 0.3) is 5.91 Å². The van der Waals surface area contributed by atoms with Gasteiger partial charge in [-0.05, 0) is 73.5 Å². The predicted molar refractivity (Wildman–Crippen MR) is 160 cm³/mol. The lowest BCUT2D eigenvalue weighted by Crippen LogP contribution is -2.53. The van der Waals surface area contributed by atoms with E-state index in [2.05, 4.69) is 43.2 Å². The third-order valence-corrected chi connectivity index (χ3v) is 8.35. The molecule has 1 amide bonds. The van der Waals surface area contributed by atoms with Crippen LogP contribution in [0.25, 0.3) is 0 Å². The molecule has 1 aromatic heterocycles. The van der Waals surface area contributed by atoms with Crippen molar-refractivity contribution in [3.05, 3.63) is 92.0 Å². The highest BCUT2D eigenvalue weighted by Crippen LogP contribution is 2.27. The molecule has 3 aromatic rings. The van der Waals surface area contributed by atoms with Crippen molar-refractivity contribution >= 4 is 46.5 Å². The molecule has 2 aliphatic rings. The lowest BCUT2D eigenvalue weighted by Gasteiger charge is -2.43. The minimum absolute atomic E-state index is 0.257. The van der Waals surface area contributed by atoms with Crippen LogP contribution in [0.1, 0.15) is 39.9 Å². The molecule has 40 heavy (non-hydrogen) atoms. The van der Waals surface area contributed by atoms with Crippen LogP contribution in [0, 0.1) is 11.3 Å². The van der Waals surface area contributed by atoms with E-state index in [9.17, 15) is 4.79 Å². The van der Waals surface area contributed by atoms with Gasteiger partial charge in [-0.25, -0.2) is 4.98 Å². The van der Waals surface area contributed by atoms with Crippen LogP contribution >= 0.6 is 34.8 Å². The van der Waals surface area contributed by atoms with E-state index >= 15 is 0 Å². The number of carbonyl (C=O) groups excluding carboxylic acids is 1. The molecule has 2 aliphatic heterocycles. The monoisotopic (exact) mass is 596 g/mol. The molecule has 0 unspecified atom stereocenters. The third-order valence-electron chi connectivity index (χ3n) is 7.64. The Morgan fingerprint density at radius 2 is 1.60 bits per heavy atom. The number of nitriles is 1. The van der Waals surface area contributed by atoms with Gasteiger partial charge >= 0.3 is 0 Å². The van der Waals surface area contributed by atoms with Crippen LogP contribution < -0.4 is 10.2 Å². The van der Waals surface area contributed by atoms with E-state index in [0.717, 1.165) is 70.0 Å². The number of hydrogen-bond donors (Lipinski definition) is 1. The van der Waals surface area contributed by atoms with Crippen LogP contribution in [0.2, 0.25) is 15.1 Å². The number of pyridine rings is 1. The number of nitrogens with zero attached hydrogens (tertiary/aromatic N) is 5. The van der Waals surface area contributed by atoms with Crippen molar-refractivity contribution in [2.75, 3.05) is 44.2 Å². The molecule has 3 heterocycles. The summed E-state index contributed by atoms with van der Waals surface area (Å²) in [6, 6.07) is 17.5. The van der Waals surface area contributed by atoms with Crippen LogP contribution in [0.3, 0.4) is 0 Å². The Labute approximate surface area is 250 Å². The predicted octanol–water partition coefficient (Wildman–Crippen LogP) is 5.63. The van der Waals surface area contributed by atoms with Gasteiger partial charge in [-0.15, -0.1) is 0 Å². The van der Waals surface area contributed by atoms with E-state index in [1.54, 1.807) is 30.5 Å². The highest BCUT2D eigenvalue weighted by Gasteiger charge is 2.28. The Morgan fingerprint density at radius 1 is 0.925 bits per heavy atom. The SMILES string of the molecule is N#Cc1ccc(CN2CCC(N3CCN(c4ncc(C(=O)NCc5cc(Cl)cc(Cl)c5)cc4Cl)CC3)CC2)cc1. The zero-order valence-electron chi connectivity index (χ0n) is 22.1. The number of carbonyl (C=O) groups is 1. The zero-order chi connectivity index (χ0) is 28.1. The summed E-state index contributed by atoms with van der Waals surface area (Å²) < 4.78 is 0. The molecule has 0 aliphatic carbocycles. The number of aromatic nitrogens is 1. The third kappa shape index (κ3) is 7.25. The summed E-state index contributed by atoms with van der Waals surface area (Å²) in [5, 5.41) is 13.4. The number of anilines is 1. The maximum atomic E-state index is 12.7. The summed E-state index contributed by atoms with van der Waals surface area (Å²) in [4.78, 5) is 24.5.